The van der Waals surface area contributed by atoms with Crippen molar-refractivity contribution in [3.63, 3.8) is 0 Å². The number of piperidine rings is 1. The molecule has 2 aliphatic heterocycles. The number of carboxylic acids is 1. The Balaban J connectivity index is 0.765. The monoisotopic (exact) mass is 803 g/mol. The third-order valence-electron chi connectivity index (χ3n) is 15.7. The fourth-order valence-electron chi connectivity index (χ4n) is 12.6. The van der Waals surface area contributed by atoms with Gasteiger partial charge in [0.2, 0.25) is 0 Å². The van der Waals surface area contributed by atoms with E-state index in [1.807, 2.05) is 39.0 Å². The SMILES string of the molecule is Cc1oc(C(C(=O)O)C(C)C)cc1OC1CCC(N2CCC(c3cnc(C45CC6CCC(CC7=C(N)NC(C)C(c8ccccc8O)=C7)CC(C4)C5C6)nc3)CC2)CC1. The van der Waals surface area contributed by atoms with Crippen molar-refractivity contribution >= 4 is 11.5 Å². The number of ether oxygens (including phenoxy) is 1. The second-order valence-electron chi connectivity index (χ2n) is 19.7. The summed E-state index contributed by atoms with van der Waals surface area (Å²) in [5, 5.41) is 23.8. The van der Waals surface area contributed by atoms with E-state index in [4.69, 9.17) is 24.9 Å². The summed E-state index contributed by atoms with van der Waals surface area (Å²) >= 11 is 0. The number of allylic oxidation sites excluding steroid dienone is 2. The van der Waals surface area contributed by atoms with Gasteiger partial charge < -0.3 is 35.3 Å². The molecular weight excluding hydrogens is 739 g/mol. The van der Waals surface area contributed by atoms with Gasteiger partial charge >= 0.3 is 5.97 Å². The molecule has 6 aliphatic rings. The summed E-state index contributed by atoms with van der Waals surface area (Å²) < 4.78 is 12.3. The van der Waals surface area contributed by atoms with Crippen molar-refractivity contribution in [1.82, 2.24) is 20.2 Å². The average Bonchev–Trinajstić information content (AvgIpc) is 3.75. The van der Waals surface area contributed by atoms with E-state index in [9.17, 15) is 15.0 Å². The Bertz CT molecular complexity index is 2060. The van der Waals surface area contributed by atoms with Crippen LogP contribution in [0, 0.1) is 36.5 Å². The number of fused-ring (bicyclic) bond motifs is 1. The second kappa shape index (κ2) is 16.3. The number of nitrogens with two attached hydrogens (primary N) is 1. The van der Waals surface area contributed by atoms with Crippen molar-refractivity contribution in [3.8, 4) is 11.5 Å². The molecule has 7 atom stereocenters. The topological polar surface area (TPSA) is 147 Å². The number of nitrogens with zero attached hydrogens (tertiary/aromatic N) is 3. The first-order valence-corrected chi connectivity index (χ1v) is 22.8. The van der Waals surface area contributed by atoms with Crippen LogP contribution in [0.2, 0.25) is 0 Å². The van der Waals surface area contributed by atoms with Crippen molar-refractivity contribution in [1.29, 1.82) is 0 Å². The number of benzene rings is 1. The Morgan fingerprint density at radius 3 is 2.49 bits per heavy atom. The summed E-state index contributed by atoms with van der Waals surface area (Å²) in [7, 11) is 0. The molecule has 7 unspecified atom stereocenters. The standard InChI is InChI=1S/C49H65N5O5/c1-28(2)45(47(56)57)44-23-43(30(4)58-44)59-38-13-11-37(12-14-38)54-17-15-33(16-18-54)36-26-51-48(52-27-36)49-24-32-10-9-31(20-35(25-49)41(49)21-32)19-34-22-40(29(3)53-46(34)50)39-7-5-6-8-42(39)55/h5-8,22-23,26-29,31-33,35,37-38,41,45,53,55H,9-21,24-25,50H2,1-4H3,(H,56,57). The van der Waals surface area contributed by atoms with Crippen LogP contribution in [0.1, 0.15) is 145 Å². The summed E-state index contributed by atoms with van der Waals surface area (Å²) in [4.78, 5) is 24.9. The Morgan fingerprint density at radius 1 is 1.03 bits per heavy atom. The zero-order valence-electron chi connectivity index (χ0n) is 35.5. The van der Waals surface area contributed by atoms with Gasteiger partial charge in [-0.25, -0.2) is 9.97 Å². The Labute approximate surface area is 350 Å². The van der Waals surface area contributed by atoms with Gasteiger partial charge in [0.1, 0.15) is 29.0 Å². The summed E-state index contributed by atoms with van der Waals surface area (Å²) in [5.41, 5.74) is 11.3. The smallest absolute Gasteiger partial charge is 0.314 e. The third kappa shape index (κ3) is 7.79. The molecule has 4 saturated carbocycles. The number of hydrogen-bond acceptors (Lipinski definition) is 9. The highest BCUT2D eigenvalue weighted by molar-refractivity contribution is 5.77. The molecule has 10 heteroatoms. The lowest BCUT2D eigenvalue weighted by molar-refractivity contribution is -0.140. The predicted molar refractivity (Wildman–Crippen MR) is 229 cm³/mol. The molecule has 59 heavy (non-hydrogen) atoms. The van der Waals surface area contributed by atoms with Crippen LogP contribution in [-0.2, 0) is 10.2 Å². The third-order valence-corrected chi connectivity index (χ3v) is 15.7. The summed E-state index contributed by atoms with van der Waals surface area (Å²) in [6.45, 7) is 10.0. The number of para-hydroxylation sites is 1. The molecular formula is C49H65N5O5. The van der Waals surface area contributed by atoms with Gasteiger partial charge in [-0.3, -0.25) is 4.79 Å². The normalized spacial score (nSPS) is 31.8. The van der Waals surface area contributed by atoms with E-state index in [1.165, 1.54) is 49.7 Å². The number of phenolic OH excluding ortho intramolecular Hbond substituents is 1. The quantitative estimate of drug-likeness (QED) is 0.148. The van der Waals surface area contributed by atoms with Crippen LogP contribution in [0.25, 0.3) is 5.57 Å². The maximum Gasteiger partial charge on any atom is 0.314 e. The minimum atomic E-state index is -0.861. The molecule has 0 amide bonds. The summed E-state index contributed by atoms with van der Waals surface area (Å²) in [6, 6.07) is 10.1. The number of carboxylic acid groups (broad SMARTS) is 1. The number of nitrogens with one attached hydrogen (secondary N) is 1. The maximum atomic E-state index is 11.8. The van der Waals surface area contributed by atoms with Crippen LogP contribution in [0.15, 0.2) is 64.6 Å². The fraction of sp³-hybridized carbons (Fsp3) is 0.612. The van der Waals surface area contributed by atoms with E-state index in [0.717, 1.165) is 92.7 Å². The minimum absolute atomic E-state index is 0.0475. The Kier molecular flexibility index (Phi) is 11.1. The van der Waals surface area contributed by atoms with Crippen molar-refractivity contribution in [3.05, 3.63) is 88.7 Å². The lowest BCUT2D eigenvalue weighted by atomic mass is 9.53. The lowest BCUT2D eigenvalue weighted by Gasteiger charge is -2.51. The molecule has 0 radical (unpaired) electrons. The van der Waals surface area contributed by atoms with Gasteiger partial charge in [-0.15, -0.1) is 0 Å². The Morgan fingerprint density at radius 2 is 1.78 bits per heavy atom. The van der Waals surface area contributed by atoms with Gasteiger partial charge in [0.15, 0.2) is 5.75 Å². The largest absolute Gasteiger partial charge is 0.507 e. The van der Waals surface area contributed by atoms with Crippen LogP contribution in [0.5, 0.6) is 11.5 Å². The first-order valence-electron chi connectivity index (χ1n) is 22.8. The van der Waals surface area contributed by atoms with E-state index >= 15 is 0 Å². The molecule has 5 N–H and O–H groups in total. The highest BCUT2D eigenvalue weighted by Crippen LogP contribution is 2.66. The van der Waals surface area contributed by atoms with Crippen molar-refractivity contribution in [2.24, 2.45) is 35.3 Å². The first-order chi connectivity index (χ1) is 28.5. The number of likely N-dealkylation sites (tertiary alicyclic amines) is 1. The molecule has 3 aromatic rings. The number of hydrogen-bond donors (Lipinski definition) is 4. The number of rotatable bonds is 11. The summed E-state index contributed by atoms with van der Waals surface area (Å²) in [6.07, 6.45) is 21.8. The molecule has 4 aliphatic carbocycles. The lowest BCUT2D eigenvalue weighted by Crippen LogP contribution is -2.49. The maximum absolute atomic E-state index is 11.8. The molecule has 10 nitrogen and oxygen atoms in total. The van der Waals surface area contributed by atoms with Gasteiger partial charge in [0.05, 0.1) is 18.0 Å². The van der Waals surface area contributed by atoms with E-state index in [0.29, 0.717) is 46.8 Å². The highest BCUT2D eigenvalue weighted by Gasteiger charge is 2.62. The van der Waals surface area contributed by atoms with E-state index < -0.39 is 11.9 Å². The van der Waals surface area contributed by atoms with Crippen LogP contribution in [0.3, 0.4) is 0 Å². The second-order valence-corrected chi connectivity index (χ2v) is 19.7. The zero-order valence-corrected chi connectivity index (χ0v) is 35.5. The van der Waals surface area contributed by atoms with Gasteiger partial charge in [0.25, 0.3) is 0 Å². The van der Waals surface area contributed by atoms with Crippen molar-refractivity contribution in [2.45, 2.75) is 147 Å². The van der Waals surface area contributed by atoms with E-state index in [1.54, 1.807) is 12.1 Å². The minimum Gasteiger partial charge on any atom is -0.507 e. The van der Waals surface area contributed by atoms with Crippen LogP contribution < -0.4 is 15.8 Å². The zero-order chi connectivity index (χ0) is 41.0. The average molecular weight is 804 g/mol. The first kappa shape index (κ1) is 40.1. The molecule has 1 saturated heterocycles. The van der Waals surface area contributed by atoms with Crippen molar-refractivity contribution in [2.75, 3.05) is 13.1 Å². The molecule has 5 fully saturated rings. The van der Waals surface area contributed by atoms with Gasteiger partial charge in [-0.2, -0.15) is 0 Å². The number of aromatic hydroxyl groups is 1. The van der Waals surface area contributed by atoms with Gasteiger partial charge in [-0.1, -0.05) is 38.5 Å². The van der Waals surface area contributed by atoms with Crippen LogP contribution >= 0.6 is 0 Å². The summed E-state index contributed by atoms with van der Waals surface area (Å²) in [5.74, 6) is 5.74. The van der Waals surface area contributed by atoms with Crippen LogP contribution in [-0.4, -0.2) is 62.3 Å². The number of aromatic nitrogens is 2. The molecule has 9 rings (SSSR count). The van der Waals surface area contributed by atoms with E-state index in [2.05, 4.69) is 35.6 Å². The van der Waals surface area contributed by atoms with Gasteiger partial charge in [-0.05, 0) is 168 Å². The number of carbonyl (C=O) groups is 1. The van der Waals surface area contributed by atoms with Crippen molar-refractivity contribution < 1.29 is 24.2 Å². The number of furan rings is 1. The number of aliphatic carboxylic acids is 1. The molecule has 2 bridgehead atoms. The number of aryl methyl sites for hydroxylation is 1. The number of dihydropyridines is 1. The highest BCUT2D eigenvalue weighted by atomic mass is 16.5. The molecule has 4 heterocycles. The molecule has 316 valence electrons. The molecule has 2 aromatic heterocycles. The van der Waals surface area contributed by atoms with Crippen LogP contribution in [0.4, 0.5) is 0 Å². The predicted octanol–water partition coefficient (Wildman–Crippen LogP) is 9.20. The molecule has 0 spiro atoms. The Hall–Kier alpha value is -4.31. The van der Waals surface area contributed by atoms with Gasteiger partial charge in [0, 0.05) is 35.5 Å². The van der Waals surface area contributed by atoms with E-state index in [-0.39, 0.29) is 23.5 Å². The molecule has 1 aromatic carbocycles. The number of phenols is 1. The fourth-order valence-corrected chi connectivity index (χ4v) is 12.6.